The number of para-hydroxylation sites is 1. The Morgan fingerprint density at radius 1 is 0.909 bits per heavy atom. The lowest BCUT2D eigenvalue weighted by Crippen LogP contribution is -2.49. The second-order valence-electron chi connectivity index (χ2n) is 9.29. The summed E-state index contributed by atoms with van der Waals surface area (Å²) >= 11 is 0. The van der Waals surface area contributed by atoms with Gasteiger partial charge in [-0.25, -0.2) is 0 Å². The van der Waals surface area contributed by atoms with Crippen LogP contribution in [0.5, 0.6) is 0 Å². The third-order valence-electron chi connectivity index (χ3n) is 6.58. The van der Waals surface area contributed by atoms with Crippen LogP contribution in [0.15, 0.2) is 65.1 Å². The minimum absolute atomic E-state index is 0.516. The van der Waals surface area contributed by atoms with Crippen LogP contribution in [0.2, 0.25) is 0 Å². The standard InChI is InChI=1S/C28H32N4O/c1-19(2)31-13-15-32(16-14-31)26-12-11-23(18-21(26)4)29-28-30-25-10-6-9-24(27(25)33-28)22-8-5-7-20(3)17-22/h5-12,17-19H,13-16H2,1-4H3,(H,29,30). The summed E-state index contributed by atoms with van der Waals surface area (Å²) in [6.45, 7) is 13.2. The van der Waals surface area contributed by atoms with E-state index in [0.29, 0.717) is 12.1 Å². The fourth-order valence-electron chi connectivity index (χ4n) is 4.73. The number of aryl methyl sites for hydroxylation is 2. The summed E-state index contributed by atoms with van der Waals surface area (Å²) in [4.78, 5) is 9.72. The average Bonchev–Trinajstić information content (AvgIpc) is 3.21. The molecule has 0 bridgehead atoms. The summed E-state index contributed by atoms with van der Waals surface area (Å²) in [6, 6.07) is 22.2. The zero-order chi connectivity index (χ0) is 22.9. The SMILES string of the molecule is Cc1cccc(-c2cccc3nc(Nc4ccc(N5CCN(C(C)C)CC5)c(C)c4)oc23)c1. The Balaban J connectivity index is 1.36. The molecule has 0 aliphatic carbocycles. The highest BCUT2D eigenvalue weighted by molar-refractivity contribution is 5.91. The zero-order valence-electron chi connectivity index (χ0n) is 19.9. The van der Waals surface area contributed by atoms with Crippen LogP contribution in [-0.2, 0) is 0 Å². The molecule has 4 aromatic rings. The van der Waals surface area contributed by atoms with Crippen molar-refractivity contribution in [2.75, 3.05) is 36.4 Å². The molecule has 3 aromatic carbocycles. The number of hydrogen-bond acceptors (Lipinski definition) is 5. The van der Waals surface area contributed by atoms with Gasteiger partial charge >= 0.3 is 0 Å². The summed E-state index contributed by atoms with van der Waals surface area (Å²) in [7, 11) is 0. The first-order valence-corrected chi connectivity index (χ1v) is 11.8. The zero-order valence-corrected chi connectivity index (χ0v) is 19.9. The van der Waals surface area contributed by atoms with E-state index in [-0.39, 0.29) is 0 Å². The molecule has 0 atom stereocenters. The first-order valence-electron chi connectivity index (χ1n) is 11.8. The van der Waals surface area contributed by atoms with Gasteiger partial charge in [-0.05, 0) is 63.1 Å². The van der Waals surface area contributed by atoms with E-state index in [4.69, 9.17) is 4.42 Å². The van der Waals surface area contributed by atoms with Crippen molar-refractivity contribution in [3.63, 3.8) is 0 Å². The van der Waals surface area contributed by atoms with Gasteiger partial charge in [0.1, 0.15) is 5.52 Å². The molecule has 1 saturated heterocycles. The summed E-state index contributed by atoms with van der Waals surface area (Å²) in [5.41, 5.74) is 8.64. The molecule has 5 rings (SSSR count). The molecule has 0 unspecified atom stereocenters. The Bertz CT molecular complexity index is 1270. The maximum Gasteiger partial charge on any atom is 0.300 e. The van der Waals surface area contributed by atoms with Crippen molar-refractivity contribution < 1.29 is 4.42 Å². The van der Waals surface area contributed by atoms with E-state index >= 15 is 0 Å². The Morgan fingerprint density at radius 2 is 1.70 bits per heavy atom. The fourth-order valence-corrected chi connectivity index (χ4v) is 4.73. The summed E-state index contributed by atoms with van der Waals surface area (Å²) in [5.74, 6) is 0. The van der Waals surface area contributed by atoms with Crippen LogP contribution in [-0.4, -0.2) is 42.1 Å². The molecule has 1 N–H and O–H groups in total. The van der Waals surface area contributed by atoms with Crippen molar-refractivity contribution in [1.29, 1.82) is 0 Å². The summed E-state index contributed by atoms with van der Waals surface area (Å²) < 4.78 is 6.18. The lowest BCUT2D eigenvalue weighted by Gasteiger charge is -2.38. The molecule has 1 fully saturated rings. The van der Waals surface area contributed by atoms with Gasteiger partial charge in [-0.1, -0.05) is 42.0 Å². The predicted molar refractivity (Wildman–Crippen MR) is 138 cm³/mol. The molecule has 2 heterocycles. The fraction of sp³-hybridized carbons (Fsp3) is 0.321. The molecule has 0 saturated carbocycles. The normalized spacial score (nSPS) is 14.9. The third-order valence-corrected chi connectivity index (χ3v) is 6.58. The Kier molecular flexibility index (Phi) is 5.81. The quantitative estimate of drug-likeness (QED) is 0.390. The van der Waals surface area contributed by atoms with E-state index in [1.807, 2.05) is 12.1 Å². The number of rotatable bonds is 5. The van der Waals surface area contributed by atoms with Crippen LogP contribution in [0, 0.1) is 13.8 Å². The van der Waals surface area contributed by atoms with E-state index in [1.54, 1.807) is 0 Å². The van der Waals surface area contributed by atoms with Gasteiger partial charge < -0.3 is 14.6 Å². The highest BCUT2D eigenvalue weighted by Crippen LogP contribution is 2.33. The van der Waals surface area contributed by atoms with Crippen LogP contribution in [0.3, 0.4) is 0 Å². The van der Waals surface area contributed by atoms with Crippen molar-refractivity contribution >= 4 is 28.5 Å². The Labute approximate surface area is 196 Å². The van der Waals surface area contributed by atoms with Crippen LogP contribution in [0.1, 0.15) is 25.0 Å². The van der Waals surface area contributed by atoms with E-state index in [0.717, 1.165) is 54.1 Å². The van der Waals surface area contributed by atoms with E-state index < -0.39 is 0 Å². The van der Waals surface area contributed by atoms with Crippen molar-refractivity contribution in [2.24, 2.45) is 0 Å². The van der Waals surface area contributed by atoms with E-state index in [2.05, 4.69) is 96.3 Å². The number of aromatic nitrogens is 1. The maximum absolute atomic E-state index is 6.18. The first-order chi connectivity index (χ1) is 16.0. The van der Waals surface area contributed by atoms with Crippen LogP contribution in [0.4, 0.5) is 17.4 Å². The number of oxazole rings is 1. The van der Waals surface area contributed by atoms with Gasteiger partial charge in [-0.3, -0.25) is 4.90 Å². The van der Waals surface area contributed by atoms with Crippen molar-refractivity contribution in [1.82, 2.24) is 9.88 Å². The number of nitrogens with zero attached hydrogens (tertiary/aromatic N) is 3. The number of anilines is 3. The molecule has 5 nitrogen and oxygen atoms in total. The molecule has 0 amide bonds. The second kappa shape index (κ2) is 8.91. The van der Waals surface area contributed by atoms with Gasteiger partial charge in [-0.2, -0.15) is 4.98 Å². The van der Waals surface area contributed by atoms with Gasteiger partial charge in [0.15, 0.2) is 5.58 Å². The Hall–Kier alpha value is -3.31. The van der Waals surface area contributed by atoms with Gasteiger partial charge in [-0.15, -0.1) is 0 Å². The molecular formula is C28H32N4O. The number of benzene rings is 3. The highest BCUT2D eigenvalue weighted by Gasteiger charge is 2.20. The van der Waals surface area contributed by atoms with Gasteiger partial charge in [0.25, 0.3) is 6.01 Å². The number of fused-ring (bicyclic) bond motifs is 1. The largest absolute Gasteiger partial charge is 0.423 e. The number of hydrogen-bond donors (Lipinski definition) is 1. The predicted octanol–water partition coefficient (Wildman–Crippen LogP) is 6.39. The molecule has 170 valence electrons. The van der Waals surface area contributed by atoms with Gasteiger partial charge in [0, 0.05) is 49.2 Å². The molecule has 0 spiro atoms. The number of nitrogens with one attached hydrogen (secondary N) is 1. The molecular weight excluding hydrogens is 408 g/mol. The van der Waals surface area contributed by atoms with Gasteiger partial charge in [0.05, 0.1) is 0 Å². The smallest absolute Gasteiger partial charge is 0.300 e. The van der Waals surface area contributed by atoms with Crippen LogP contribution in [0.25, 0.3) is 22.2 Å². The van der Waals surface area contributed by atoms with Crippen LogP contribution >= 0.6 is 0 Å². The molecule has 5 heteroatoms. The topological polar surface area (TPSA) is 44.5 Å². The summed E-state index contributed by atoms with van der Waals surface area (Å²) in [5, 5.41) is 3.37. The molecule has 33 heavy (non-hydrogen) atoms. The van der Waals surface area contributed by atoms with Crippen LogP contribution < -0.4 is 10.2 Å². The van der Waals surface area contributed by atoms with Crippen molar-refractivity contribution in [2.45, 2.75) is 33.7 Å². The molecule has 0 radical (unpaired) electrons. The minimum atomic E-state index is 0.516. The molecule has 1 aliphatic rings. The second-order valence-corrected chi connectivity index (χ2v) is 9.29. The third kappa shape index (κ3) is 4.46. The molecule has 1 aliphatic heterocycles. The van der Waals surface area contributed by atoms with E-state index in [9.17, 15) is 0 Å². The molecule has 1 aromatic heterocycles. The minimum Gasteiger partial charge on any atom is -0.423 e. The number of piperazine rings is 1. The van der Waals surface area contributed by atoms with Crippen molar-refractivity contribution in [3.05, 3.63) is 71.8 Å². The monoisotopic (exact) mass is 440 g/mol. The highest BCUT2D eigenvalue weighted by atomic mass is 16.4. The maximum atomic E-state index is 6.18. The lowest BCUT2D eigenvalue weighted by atomic mass is 10.0. The first kappa shape index (κ1) is 21.5. The lowest BCUT2D eigenvalue weighted by molar-refractivity contribution is 0.209. The van der Waals surface area contributed by atoms with E-state index in [1.165, 1.54) is 16.8 Å². The average molecular weight is 441 g/mol. The van der Waals surface area contributed by atoms with Gasteiger partial charge in [0.2, 0.25) is 0 Å². The Morgan fingerprint density at radius 3 is 2.42 bits per heavy atom. The summed E-state index contributed by atoms with van der Waals surface area (Å²) in [6.07, 6.45) is 0. The van der Waals surface area contributed by atoms with Crippen molar-refractivity contribution in [3.8, 4) is 11.1 Å².